The van der Waals surface area contributed by atoms with Gasteiger partial charge in [0.15, 0.2) is 0 Å². The van der Waals surface area contributed by atoms with E-state index in [2.05, 4.69) is 33.5 Å². The fourth-order valence-electron chi connectivity index (χ4n) is 3.85. The summed E-state index contributed by atoms with van der Waals surface area (Å²) in [5, 5.41) is 9.70. The zero-order valence-corrected chi connectivity index (χ0v) is 16.5. The van der Waals surface area contributed by atoms with Crippen LogP contribution in [0.4, 0.5) is 9.39 Å². The summed E-state index contributed by atoms with van der Waals surface area (Å²) >= 11 is 1.72. The Morgan fingerprint density at radius 3 is 3.15 bits per heavy atom. The minimum Gasteiger partial charge on any atom is -0.385 e. The smallest absolute Gasteiger partial charge is 0.142 e. The summed E-state index contributed by atoms with van der Waals surface area (Å²) < 4.78 is 19.0. The van der Waals surface area contributed by atoms with Gasteiger partial charge in [0.2, 0.25) is 0 Å². The van der Waals surface area contributed by atoms with Crippen LogP contribution in [-0.2, 0) is 4.74 Å². The monoisotopic (exact) mass is 388 g/mol. The largest absolute Gasteiger partial charge is 0.385 e. The van der Waals surface area contributed by atoms with Gasteiger partial charge in [0.05, 0.1) is 17.2 Å². The van der Waals surface area contributed by atoms with E-state index < -0.39 is 0 Å². The average Bonchev–Trinajstić information content (AvgIpc) is 2.96. The van der Waals surface area contributed by atoms with E-state index in [9.17, 15) is 4.39 Å². The van der Waals surface area contributed by atoms with Crippen molar-refractivity contribution in [1.29, 1.82) is 0 Å². The predicted octanol–water partition coefficient (Wildman–Crippen LogP) is 1.61. The number of ether oxygens (including phenoxy) is 1. The van der Waals surface area contributed by atoms with Crippen molar-refractivity contribution in [2.75, 3.05) is 38.7 Å². The molecule has 4 rings (SSSR count). The lowest BCUT2D eigenvalue weighted by atomic mass is 10.1. The molecule has 27 heavy (non-hydrogen) atoms. The van der Waals surface area contributed by atoms with Crippen LogP contribution in [0.3, 0.4) is 0 Å². The van der Waals surface area contributed by atoms with Gasteiger partial charge in [-0.05, 0) is 31.9 Å². The molecule has 0 amide bonds. The van der Waals surface area contributed by atoms with Crippen LogP contribution in [0, 0.1) is 12.7 Å². The molecule has 7 heteroatoms. The summed E-state index contributed by atoms with van der Waals surface area (Å²) in [4.78, 5) is 8.14. The van der Waals surface area contributed by atoms with Crippen molar-refractivity contribution in [1.82, 2.24) is 15.2 Å². The van der Waals surface area contributed by atoms with Gasteiger partial charge in [-0.2, -0.15) is 0 Å². The van der Waals surface area contributed by atoms with Crippen LogP contribution >= 0.6 is 11.3 Å². The molecule has 2 aliphatic rings. The van der Waals surface area contributed by atoms with E-state index in [1.807, 2.05) is 6.20 Å². The average molecular weight is 389 g/mol. The van der Waals surface area contributed by atoms with Gasteiger partial charge in [-0.3, -0.25) is 4.98 Å². The second-order valence-electron chi connectivity index (χ2n) is 7.06. The zero-order chi connectivity index (χ0) is 18.8. The topological polar surface area (TPSA) is 49.4 Å². The molecule has 2 aliphatic heterocycles. The molecule has 0 saturated carbocycles. The molecule has 2 aromatic rings. The van der Waals surface area contributed by atoms with E-state index in [-0.39, 0.29) is 5.82 Å². The number of thiophene rings is 1. The maximum absolute atomic E-state index is 13.8. The normalized spacial score (nSPS) is 19.0. The number of aryl methyl sites for hydroxylation is 1. The van der Waals surface area contributed by atoms with Crippen LogP contribution in [0.1, 0.15) is 23.3 Å². The Morgan fingerprint density at radius 1 is 1.41 bits per heavy atom. The van der Waals surface area contributed by atoms with E-state index in [0.717, 1.165) is 65.9 Å². The fourth-order valence-corrected chi connectivity index (χ4v) is 4.73. The number of piperazine rings is 1. The number of fused-ring (bicyclic) bond motifs is 2. The number of nitrogens with one attached hydrogen (secondary N) is 2. The molecule has 0 spiro atoms. The summed E-state index contributed by atoms with van der Waals surface area (Å²) in [5.74, 6) is -0.315. The number of rotatable bonds is 5. The lowest BCUT2D eigenvalue weighted by molar-refractivity contribution is 0.181. The number of pyridine rings is 1. The Bertz CT molecular complexity index is 942. The second kappa shape index (κ2) is 7.96. The number of hydrogen-bond donors (Lipinski definition) is 2. The SMILES string of the molecule is COCCCC1CN(C2=c3ncc(F)cc3=CNc3sc(C)cc32)CCN1. The van der Waals surface area contributed by atoms with Gasteiger partial charge >= 0.3 is 0 Å². The summed E-state index contributed by atoms with van der Waals surface area (Å²) in [6, 6.07) is 4.17. The number of methoxy groups -OCH3 is 1. The molecule has 1 saturated heterocycles. The number of halogens is 1. The summed E-state index contributed by atoms with van der Waals surface area (Å²) in [6.07, 6.45) is 5.29. The van der Waals surface area contributed by atoms with E-state index in [4.69, 9.17) is 4.74 Å². The number of nitrogens with zero attached hydrogens (tertiary/aromatic N) is 2. The van der Waals surface area contributed by atoms with Crippen molar-refractivity contribution in [3.8, 4) is 0 Å². The van der Waals surface area contributed by atoms with Gasteiger partial charge in [0.25, 0.3) is 0 Å². The van der Waals surface area contributed by atoms with E-state index in [0.29, 0.717) is 6.04 Å². The summed E-state index contributed by atoms with van der Waals surface area (Å²) in [7, 11) is 1.74. The minimum atomic E-state index is -0.315. The number of hydrogen-bond acceptors (Lipinski definition) is 6. The van der Waals surface area contributed by atoms with Crippen molar-refractivity contribution in [2.24, 2.45) is 0 Å². The van der Waals surface area contributed by atoms with Crippen LogP contribution in [0.15, 0.2) is 18.3 Å². The van der Waals surface area contributed by atoms with Crippen molar-refractivity contribution in [3.63, 3.8) is 0 Å². The molecule has 0 aromatic carbocycles. The molecule has 1 atom stereocenters. The third-order valence-corrected chi connectivity index (χ3v) is 6.03. The first-order valence-corrected chi connectivity index (χ1v) is 10.2. The molecule has 1 unspecified atom stereocenters. The molecule has 2 aromatic heterocycles. The Hall–Kier alpha value is -1.96. The minimum absolute atomic E-state index is 0.315. The third-order valence-electron chi connectivity index (χ3n) is 5.05. The summed E-state index contributed by atoms with van der Waals surface area (Å²) in [6.45, 7) is 5.64. The molecule has 4 heterocycles. The Balaban J connectivity index is 1.76. The van der Waals surface area contributed by atoms with Crippen LogP contribution in [0.5, 0.6) is 0 Å². The van der Waals surface area contributed by atoms with Gasteiger partial charge in [0, 0.05) is 61.3 Å². The first-order valence-electron chi connectivity index (χ1n) is 9.36. The molecular weight excluding hydrogens is 363 g/mol. The van der Waals surface area contributed by atoms with Crippen LogP contribution in [-0.4, -0.2) is 49.3 Å². The maximum atomic E-state index is 13.8. The standard InChI is InChI=1S/C20H25FN4OS/c1-13-8-17-19(25-6-5-22-16(12-25)4-3-7-26-2)18-14(9-15(21)11-23-18)10-24-20(17)27-13/h8-11,16,22,24H,3-7,12H2,1-2H3. The van der Waals surface area contributed by atoms with Gasteiger partial charge in [-0.1, -0.05) is 0 Å². The first-order chi connectivity index (χ1) is 13.2. The highest BCUT2D eigenvalue weighted by atomic mass is 32.1. The van der Waals surface area contributed by atoms with Gasteiger partial charge in [-0.25, -0.2) is 4.39 Å². The highest BCUT2D eigenvalue weighted by Crippen LogP contribution is 2.34. The van der Waals surface area contributed by atoms with Crippen molar-refractivity contribution < 1.29 is 9.13 Å². The lowest BCUT2D eigenvalue weighted by Crippen LogP contribution is -2.51. The Labute approximate surface area is 162 Å². The number of aromatic nitrogens is 1. The van der Waals surface area contributed by atoms with Crippen LogP contribution in [0.25, 0.3) is 11.9 Å². The lowest BCUT2D eigenvalue weighted by Gasteiger charge is -2.36. The zero-order valence-electron chi connectivity index (χ0n) is 15.7. The van der Waals surface area contributed by atoms with Gasteiger partial charge in [0.1, 0.15) is 10.8 Å². The van der Waals surface area contributed by atoms with Crippen molar-refractivity contribution in [3.05, 3.63) is 45.2 Å². The Kier molecular flexibility index (Phi) is 5.43. The van der Waals surface area contributed by atoms with E-state index in [1.165, 1.54) is 11.1 Å². The molecule has 0 aliphatic carbocycles. The molecule has 5 nitrogen and oxygen atoms in total. The first kappa shape index (κ1) is 18.4. The van der Waals surface area contributed by atoms with E-state index >= 15 is 0 Å². The second-order valence-corrected chi connectivity index (χ2v) is 8.32. The molecule has 0 radical (unpaired) electrons. The quantitative estimate of drug-likeness (QED) is 0.763. The molecule has 1 fully saturated rings. The van der Waals surface area contributed by atoms with Crippen LogP contribution < -0.4 is 21.2 Å². The van der Waals surface area contributed by atoms with Crippen molar-refractivity contribution in [2.45, 2.75) is 25.8 Å². The Morgan fingerprint density at radius 2 is 2.30 bits per heavy atom. The third kappa shape index (κ3) is 3.85. The van der Waals surface area contributed by atoms with E-state index in [1.54, 1.807) is 24.5 Å². The van der Waals surface area contributed by atoms with Gasteiger partial charge in [-0.15, -0.1) is 11.3 Å². The van der Waals surface area contributed by atoms with Crippen LogP contribution in [0.2, 0.25) is 0 Å². The fraction of sp³-hybridized carbons (Fsp3) is 0.450. The molecule has 0 bridgehead atoms. The van der Waals surface area contributed by atoms with Crippen molar-refractivity contribution >= 4 is 28.2 Å². The molecule has 2 N–H and O–H groups in total. The number of anilines is 1. The maximum Gasteiger partial charge on any atom is 0.142 e. The summed E-state index contributed by atoms with van der Waals surface area (Å²) in [5.41, 5.74) is 2.26. The molecular formula is C20H25FN4OS. The highest BCUT2D eigenvalue weighted by Gasteiger charge is 2.26. The predicted molar refractivity (Wildman–Crippen MR) is 108 cm³/mol. The van der Waals surface area contributed by atoms with Gasteiger partial charge < -0.3 is 20.3 Å². The highest BCUT2D eigenvalue weighted by molar-refractivity contribution is 7.16. The molecule has 144 valence electrons.